The number of Topliss-reactive ketones (excluding diaryl/α,β-unsaturated/α-hetero) is 2. The molecular formula is C36H44N2O10S2. The van der Waals surface area contributed by atoms with Crippen molar-refractivity contribution in [3.63, 3.8) is 0 Å². The molecule has 0 spiro atoms. The summed E-state index contributed by atoms with van der Waals surface area (Å²) >= 11 is 0. The summed E-state index contributed by atoms with van der Waals surface area (Å²) in [7, 11) is -8.96. The molecule has 5 rings (SSSR count). The van der Waals surface area contributed by atoms with Crippen molar-refractivity contribution in [2.75, 3.05) is 22.9 Å². The molecule has 270 valence electrons. The van der Waals surface area contributed by atoms with Crippen LogP contribution in [-0.4, -0.2) is 61.7 Å². The number of fused-ring (bicyclic) bond motifs is 2. The Hall–Kier alpha value is -3.85. The third-order valence-electron chi connectivity index (χ3n) is 10.2. The molecule has 3 aliphatic rings. The zero-order valence-corrected chi connectivity index (χ0v) is 30.5. The Labute approximate surface area is 293 Å². The maximum atomic E-state index is 13.8. The first-order chi connectivity index (χ1) is 23.2. The normalized spacial score (nSPS) is 22.6. The van der Waals surface area contributed by atoms with Crippen molar-refractivity contribution in [1.29, 1.82) is 0 Å². The monoisotopic (exact) mass is 728 g/mol. The third-order valence-corrected chi connectivity index (χ3v) is 11.9. The van der Waals surface area contributed by atoms with Gasteiger partial charge in [0.15, 0.2) is 11.6 Å². The van der Waals surface area contributed by atoms with Gasteiger partial charge in [-0.05, 0) is 78.9 Å². The van der Waals surface area contributed by atoms with Crippen molar-refractivity contribution in [2.45, 2.75) is 93.8 Å². The number of benzene rings is 2. The first-order valence-corrected chi connectivity index (χ1v) is 19.6. The number of rotatable bonds is 13. The van der Waals surface area contributed by atoms with Crippen LogP contribution in [0.2, 0.25) is 0 Å². The topological polar surface area (TPSA) is 187 Å². The Morgan fingerprint density at radius 3 is 1.52 bits per heavy atom. The minimum absolute atomic E-state index is 0.0317. The number of anilines is 2. The van der Waals surface area contributed by atoms with Crippen LogP contribution in [0.15, 0.2) is 69.7 Å². The van der Waals surface area contributed by atoms with Crippen molar-refractivity contribution < 1.29 is 45.4 Å². The van der Waals surface area contributed by atoms with Gasteiger partial charge in [0.05, 0.1) is 21.6 Å². The largest absolute Gasteiger partial charge is 0.481 e. The van der Waals surface area contributed by atoms with Crippen LogP contribution in [-0.2, 0) is 45.4 Å². The van der Waals surface area contributed by atoms with E-state index in [-0.39, 0.29) is 27.8 Å². The number of carboxylic acid groups (broad SMARTS) is 1. The van der Waals surface area contributed by atoms with E-state index in [0.717, 1.165) is 18.5 Å². The minimum Gasteiger partial charge on any atom is -0.481 e. The molecule has 1 aliphatic carbocycles. The lowest BCUT2D eigenvalue weighted by Crippen LogP contribution is -2.48. The number of hydrogen-bond donors (Lipinski definition) is 3. The predicted molar refractivity (Wildman–Crippen MR) is 187 cm³/mol. The smallest absolute Gasteiger partial charge is 0.303 e. The summed E-state index contributed by atoms with van der Waals surface area (Å²) in [5.74, 6) is -3.58. The summed E-state index contributed by atoms with van der Waals surface area (Å²) in [6, 6.07) is 8.71. The highest BCUT2D eigenvalue weighted by molar-refractivity contribution is 7.86. The Balaban J connectivity index is 1.49. The molecular weight excluding hydrogens is 685 g/mol. The standard InChI is InChI=1S/C36H44N2O10S2/c1-6-7-16-37-28-14-12-22(49(43,44)45)18-26(28)35(2,3)30(37)20-24-33(41)25(34(24)42)21-31-36(4,5)27-19-23(50(46,47)48)13-15-29(27)38(31)17-10-8-9-11-32(39)40/h12-15,18-21,24-25H,6-11,16-17H2,1-5H3,(H,39,40)(H,43,44,45)(H,46,47,48)/b30-20+,31-21+. The van der Waals surface area contributed by atoms with Gasteiger partial charge in [0.2, 0.25) is 0 Å². The van der Waals surface area contributed by atoms with Gasteiger partial charge in [-0.2, -0.15) is 16.8 Å². The molecule has 1 fully saturated rings. The predicted octanol–water partition coefficient (Wildman–Crippen LogP) is 5.67. The summed E-state index contributed by atoms with van der Waals surface area (Å²) in [5, 5.41) is 9.03. The number of ketones is 2. The third kappa shape index (κ3) is 6.78. The van der Waals surface area contributed by atoms with E-state index in [0.29, 0.717) is 60.6 Å². The van der Waals surface area contributed by atoms with E-state index in [1.165, 1.54) is 24.3 Å². The Kier molecular flexibility index (Phi) is 10.00. The van der Waals surface area contributed by atoms with Crippen molar-refractivity contribution in [2.24, 2.45) is 11.8 Å². The maximum absolute atomic E-state index is 13.8. The van der Waals surface area contributed by atoms with Crippen LogP contribution in [0.5, 0.6) is 0 Å². The summed E-state index contributed by atoms with van der Waals surface area (Å²) < 4.78 is 67.4. The summed E-state index contributed by atoms with van der Waals surface area (Å²) in [6.07, 6.45) is 6.72. The number of unbranched alkanes of at least 4 members (excludes halogenated alkanes) is 3. The molecule has 2 aliphatic heterocycles. The first-order valence-electron chi connectivity index (χ1n) is 16.7. The molecule has 14 heteroatoms. The van der Waals surface area contributed by atoms with Gasteiger partial charge < -0.3 is 14.9 Å². The average Bonchev–Trinajstić information content (AvgIpc) is 3.37. The summed E-state index contributed by atoms with van der Waals surface area (Å²) in [4.78, 5) is 42.1. The van der Waals surface area contributed by atoms with Crippen LogP contribution in [0.3, 0.4) is 0 Å². The zero-order valence-electron chi connectivity index (χ0n) is 28.8. The van der Waals surface area contributed by atoms with Gasteiger partial charge in [-0.25, -0.2) is 0 Å². The van der Waals surface area contributed by atoms with E-state index < -0.39 is 48.9 Å². The lowest BCUT2D eigenvalue weighted by atomic mass is 9.69. The molecule has 2 heterocycles. The Bertz CT molecular complexity index is 2010. The molecule has 0 radical (unpaired) electrons. The number of carboxylic acids is 1. The second-order valence-corrected chi connectivity index (χ2v) is 17.1. The molecule has 0 bridgehead atoms. The number of carbonyl (C=O) groups excluding carboxylic acids is 2. The molecule has 0 amide bonds. The first kappa shape index (κ1) is 37.4. The van der Waals surface area contributed by atoms with Gasteiger partial charge in [0.1, 0.15) is 0 Å². The van der Waals surface area contributed by atoms with E-state index in [4.69, 9.17) is 5.11 Å². The van der Waals surface area contributed by atoms with Gasteiger partial charge in [0.25, 0.3) is 20.2 Å². The zero-order chi connectivity index (χ0) is 37.0. The quantitative estimate of drug-likeness (QED) is 0.131. The van der Waals surface area contributed by atoms with Crippen molar-refractivity contribution in [3.05, 3.63) is 71.1 Å². The van der Waals surface area contributed by atoms with Crippen molar-refractivity contribution >= 4 is 49.1 Å². The highest BCUT2D eigenvalue weighted by Crippen LogP contribution is 2.52. The number of carbonyl (C=O) groups is 3. The second kappa shape index (κ2) is 13.4. The van der Waals surface area contributed by atoms with Gasteiger partial charge in [0, 0.05) is 53.1 Å². The van der Waals surface area contributed by atoms with Crippen LogP contribution in [0.1, 0.15) is 84.3 Å². The minimum atomic E-state index is -4.50. The molecule has 0 unspecified atom stereocenters. The maximum Gasteiger partial charge on any atom is 0.303 e. The van der Waals surface area contributed by atoms with E-state index in [9.17, 15) is 40.3 Å². The van der Waals surface area contributed by atoms with E-state index in [1.54, 1.807) is 24.3 Å². The fraction of sp³-hybridized carbons (Fsp3) is 0.472. The van der Waals surface area contributed by atoms with E-state index in [2.05, 4.69) is 0 Å². The number of allylic oxidation sites excluding steroid dienone is 4. The molecule has 0 saturated heterocycles. The van der Waals surface area contributed by atoms with Gasteiger partial charge >= 0.3 is 5.97 Å². The van der Waals surface area contributed by atoms with Crippen molar-refractivity contribution in [3.8, 4) is 0 Å². The Morgan fingerprint density at radius 2 is 1.14 bits per heavy atom. The van der Waals surface area contributed by atoms with Gasteiger partial charge in [-0.3, -0.25) is 23.5 Å². The van der Waals surface area contributed by atoms with Crippen molar-refractivity contribution in [1.82, 2.24) is 0 Å². The average molecular weight is 729 g/mol. The molecule has 2 aromatic rings. The molecule has 1 saturated carbocycles. The molecule has 2 aromatic carbocycles. The Morgan fingerprint density at radius 1 is 0.720 bits per heavy atom. The van der Waals surface area contributed by atoms with E-state index in [1.807, 2.05) is 44.4 Å². The fourth-order valence-corrected chi connectivity index (χ4v) is 8.38. The number of hydrogen-bond acceptors (Lipinski definition) is 9. The molecule has 3 N–H and O–H groups in total. The summed E-state index contributed by atoms with van der Waals surface area (Å²) in [6.45, 7) is 10.5. The fourth-order valence-electron chi connectivity index (χ4n) is 7.37. The summed E-state index contributed by atoms with van der Waals surface area (Å²) in [5.41, 5.74) is 2.36. The highest BCUT2D eigenvalue weighted by atomic mass is 32.2. The molecule has 12 nitrogen and oxygen atoms in total. The molecule has 0 atom stereocenters. The number of nitrogens with zero attached hydrogens (tertiary/aromatic N) is 2. The molecule has 50 heavy (non-hydrogen) atoms. The lowest BCUT2D eigenvalue weighted by molar-refractivity contribution is -0.146. The van der Waals surface area contributed by atoms with Crippen LogP contribution in [0.4, 0.5) is 11.4 Å². The van der Waals surface area contributed by atoms with Gasteiger partial charge in [-0.1, -0.05) is 47.5 Å². The molecule has 0 aromatic heterocycles. The second-order valence-electron chi connectivity index (χ2n) is 14.3. The number of aliphatic carboxylic acids is 1. The van der Waals surface area contributed by atoms with Crippen LogP contribution >= 0.6 is 0 Å². The van der Waals surface area contributed by atoms with E-state index >= 15 is 0 Å². The van der Waals surface area contributed by atoms with Crippen LogP contribution in [0.25, 0.3) is 0 Å². The van der Waals surface area contributed by atoms with Crippen LogP contribution < -0.4 is 9.80 Å². The SMILES string of the molecule is CCCCN1/C(=C/C2C(=O)C(/C=C3/N(CCCCCC(=O)O)c4ccc(S(=O)(=O)O)cc4C3(C)C)C2=O)C(C)(C)c2cc(S(=O)(=O)O)ccc21. The van der Waals surface area contributed by atoms with Crippen LogP contribution in [0, 0.1) is 11.8 Å². The van der Waals surface area contributed by atoms with Gasteiger partial charge in [-0.15, -0.1) is 0 Å². The lowest BCUT2D eigenvalue weighted by Gasteiger charge is -2.35. The highest BCUT2D eigenvalue weighted by Gasteiger charge is 2.51.